The van der Waals surface area contributed by atoms with Crippen molar-refractivity contribution in [3.05, 3.63) is 40.4 Å². The van der Waals surface area contributed by atoms with Crippen molar-refractivity contribution in [1.29, 1.82) is 0 Å². The number of ether oxygens (including phenoxy) is 1. The number of para-hydroxylation sites is 1. The van der Waals surface area contributed by atoms with Crippen molar-refractivity contribution in [3.63, 3.8) is 0 Å². The van der Waals surface area contributed by atoms with Gasteiger partial charge in [-0.2, -0.15) is 0 Å². The molecule has 2 amide bonds. The Morgan fingerprint density at radius 3 is 2.73 bits per heavy atom. The Kier molecular flexibility index (Phi) is 6.14. The molecule has 0 saturated carbocycles. The van der Waals surface area contributed by atoms with Gasteiger partial charge in [-0.15, -0.1) is 0 Å². The zero-order chi connectivity index (χ0) is 22.1. The molecule has 0 bridgehead atoms. The van der Waals surface area contributed by atoms with Gasteiger partial charge in [0.15, 0.2) is 0 Å². The predicted octanol–water partition coefficient (Wildman–Crippen LogP) is 2.56. The van der Waals surface area contributed by atoms with Gasteiger partial charge in [-0.25, -0.2) is 9.78 Å². The van der Waals surface area contributed by atoms with Crippen LogP contribution in [0.25, 0.3) is 10.9 Å². The van der Waals surface area contributed by atoms with Gasteiger partial charge in [-0.1, -0.05) is 12.1 Å². The number of carbonyl (C=O) groups excluding carboxylic acids is 2. The fourth-order valence-electron chi connectivity index (χ4n) is 3.77. The molecular formula is C22H30N4O4. The van der Waals surface area contributed by atoms with E-state index in [-0.39, 0.29) is 24.1 Å². The summed E-state index contributed by atoms with van der Waals surface area (Å²) in [5, 5.41) is 0.507. The first-order valence-electron chi connectivity index (χ1n) is 10.2. The van der Waals surface area contributed by atoms with Gasteiger partial charge in [-0.3, -0.25) is 14.2 Å². The maximum absolute atomic E-state index is 13.0. The van der Waals surface area contributed by atoms with Crippen molar-refractivity contribution < 1.29 is 14.3 Å². The molecule has 30 heavy (non-hydrogen) atoms. The topological polar surface area (TPSA) is 84.7 Å². The summed E-state index contributed by atoms with van der Waals surface area (Å²) in [6, 6.07) is 5.35. The van der Waals surface area contributed by atoms with Gasteiger partial charge in [0.1, 0.15) is 12.1 Å². The maximum atomic E-state index is 13.0. The first-order chi connectivity index (χ1) is 14.1. The van der Waals surface area contributed by atoms with E-state index in [1.54, 1.807) is 18.0 Å². The molecule has 0 aliphatic carbocycles. The van der Waals surface area contributed by atoms with Crippen molar-refractivity contribution in [3.8, 4) is 0 Å². The van der Waals surface area contributed by atoms with E-state index in [0.29, 0.717) is 24.0 Å². The highest BCUT2D eigenvalue weighted by Gasteiger charge is 2.31. The van der Waals surface area contributed by atoms with Crippen LogP contribution in [0.4, 0.5) is 4.79 Å². The molecule has 0 radical (unpaired) electrons. The van der Waals surface area contributed by atoms with Gasteiger partial charge < -0.3 is 14.5 Å². The van der Waals surface area contributed by atoms with Gasteiger partial charge in [0.2, 0.25) is 5.91 Å². The van der Waals surface area contributed by atoms with Crippen LogP contribution >= 0.6 is 0 Å². The number of likely N-dealkylation sites (tertiary alicyclic amines) is 1. The highest BCUT2D eigenvalue weighted by Crippen LogP contribution is 2.20. The second kappa shape index (κ2) is 8.45. The van der Waals surface area contributed by atoms with Crippen molar-refractivity contribution in [1.82, 2.24) is 19.4 Å². The number of nitrogens with zero attached hydrogens (tertiary/aromatic N) is 4. The second-order valence-corrected chi connectivity index (χ2v) is 8.89. The number of carbonyl (C=O) groups is 2. The summed E-state index contributed by atoms with van der Waals surface area (Å²) >= 11 is 0. The van der Waals surface area contributed by atoms with Crippen molar-refractivity contribution >= 4 is 22.9 Å². The van der Waals surface area contributed by atoms with Crippen LogP contribution in [-0.2, 0) is 16.1 Å². The Bertz CT molecular complexity index is 1010. The predicted molar refractivity (Wildman–Crippen MR) is 114 cm³/mol. The quantitative estimate of drug-likeness (QED) is 0.768. The lowest BCUT2D eigenvalue weighted by Gasteiger charge is -2.30. The van der Waals surface area contributed by atoms with Crippen molar-refractivity contribution in [2.24, 2.45) is 0 Å². The number of hydrogen-bond donors (Lipinski definition) is 0. The van der Waals surface area contributed by atoms with Crippen LogP contribution in [0.1, 0.15) is 39.2 Å². The lowest BCUT2D eigenvalue weighted by Crippen LogP contribution is -2.46. The molecule has 1 atom stereocenters. The fourth-order valence-corrected chi connectivity index (χ4v) is 3.77. The van der Waals surface area contributed by atoms with E-state index in [1.807, 2.05) is 39.8 Å². The van der Waals surface area contributed by atoms with Crippen LogP contribution in [0, 0.1) is 6.92 Å². The molecule has 0 unspecified atom stereocenters. The first kappa shape index (κ1) is 21.8. The number of rotatable bonds is 4. The summed E-state index contributed by atoms with van der Waals surface area (Å²) in [6.45, 7) is 8.30. The maximum Gasteiger partial charge on any atom is 0.410 e. The molecule has 8 nitrogen and oxygen atoms in total. The van der Waals surface area contributed by atoms with Crippen LogP contribution < -0.4 is 5.56 Å². The molecule has 3 rings (SSSR count). The molecule has 1 fully saturated rings. The lowest BCUT2D eigenvalue weighted by atomic mass is 10.1. The van der Waals surface area contributed by atoms with Gasteiger partial charge in [0.05, 0.1) is 17.2 Å². The molecule has 1 aromatic carbocycles. The molecule has 0 spiro atoms. The molecule has 1 aromatic heterocycles. The zero-order valence-corrected chi connectivity index (χ0v) is 18.3. The number of aryl methyl sites for hydroxylation is 1. The standard InChI is InChI=1S/C22H30N4O4/c1-15-8-6-10-17-19(15)23-14-25(20(17)28)13-18(27)26-11-7-9-16(26)12-24(5)21(29)30-22(2,3)4/h6,8,10,14,16H,7,9,11-13H2,1-5H3/t16-/m1/s1. The smallest absolute Gasteiger partial charge is 0.410 e. The second-order valence-electron chi connectivity index (χ2n) is 8.89. The van der Waals surface area contributed by atoms with Gasteiger partial charge in [0, 0.05) is 26.2 Å². The fraction of sp³-hybridized carbons (Fsp3) is 0.545. The summed E-state index contributed by atoms with van der Waals surface area (Å²) < 4.78 is 6.76. The SMILES string of the molecule is Cc1cccc2c(=O)n(CC(=O)N3CCC[C@@H]3CN(C)C(=O)OC(C)(C)C)cnc12. The highest BCUT2D eigenvalue weighted by molar-refractivity contribution is 5.81. The van der Waals surface area contributed by atoms with E-state index >= 15 is 0 Å². The average Bonchev–Trinajstić information content (AvgIpc) is 3.11. The Balaban J connectivity index is 1.71. The molecule has 2 heterocycles. The third-order valence-corrected chi connectivity index (χ3v) is 5.25. The van der Waals surface area contributed by atoms with Crippen molar-refractivity contribution in [2.45, 2.75) is 58.7 Å². The average molecular weight is 415 g/mol. The molecule has 1 aliphatic rings. The van der Waals surface area contributed by atoms with Crippen LogP contribution in [-0.4, -0.2) is 63.1 Å². The largest absolute Gasteiger partial charge is 0.444 e. The Labute approximate surface area is 176 Å². The molecule has 2 aromatic rings. The summed E-state index contributed by atoms with van der Waals surface area (Å²) in [6.07, 6.45) is 2.70. The minimum atomic E-state index is -0.570. The van der Waals surface area contributed by atoms with Crippen LogP contribution in [0.15, 0.2) is 29.3 Å². The monoisotopic (exact) mass is 414 g/mol. The third kappa shape index (κ3) is 4.80. The van der Waals surface area contributed by atoms with E-state index in [1.165, 1.54) is 15.8 Å². The number of aromatic nitrogens is 2. The number of amides is 2. The van der Waals surface area contributed by atoms with Crippen molar-refractivity contribution in [2.75, 3.05) is 20.1 Å². The van der Waals surface area contributed by atoms with E-state index < -0.39 is 11.7 Å². The first-order valence-corrected chi connectivity index (χ1v) is 10.2. The summed E-state index contributed by atoms with van der Waals surface area (Å²) in [4.78, 5) is 45.7. The number of fused-ring (bicyclic) bond motifs is 1. The number of benzene rings is 1. The van der Waals surface area contributed by atoms with E-state index in [9.17, 15) is 14.4 Å². The minimum absolute atomic E-state index is 0.0671. The molecule has 8 heteroatoms. The number of likely N-dealkylation sites (N-methyl/N-ethyl adjacent to an activating group) is 1. The zero-order valence-electron chi connectivity index (χ0n) is 18.3. The summed E-state index contributed by atoms with van der Waals surface area (Å²) in [5.74, 6) is -0.147. The van der Waals surface area contributed by atoms with E-state index in [2.05, 4.69) is 4.98 Å². The molecular weight excluding hydrogens is 384 g/mol. The van der Waals surface area contributed by atoms with Gasteiger partial charge in [-0.05, 0) is 52.2 Å². The molecule has 1 saturated heterocycles. The molecule has 0 N–H and O–H groups in total. The summed E-state index contributed by atoms with van der Waals surface area (Å²) in [7, 11) is 1.68. The van der Waals surface area contributed by atoms with Crippen LogP contribution in [0.3, 0.4) is 0 Å². The Morgan fingerprint density at radius 1 is 1.30 bits per heavy atom. The molecule has 1 aliphatic heterocycles. The minimum Gasteiger partial charge on any atom is -0.444 e. The number of hydrogen-bond acceptors (Lipinski definition) is 5. The van der Waals surface area contributed by atoms with Gasteiger partial charge in [0.25, 0.3) is 5.56 Å². The normalized spacial score (nSPS) is 16.7. The van der Waals surface area contributed by atoms with Crippen LogP contribution in [0.5, 0.6) is 0 Å². The highest BCUT2D eigenvalue weighted by atomic mass is 16.6. The third-order valence-electron chi connectivity index (χ3n) is 5.25. The van der Waals surface area contributed by atoms with Crippen LogP contribution in [0.2, 0.25) is 0 Å². The van der Waals surface area contributed by atoms with E-state index in [0.717, 1.165) is 18.4 Å². The Morgan fingerprint density at radius 2 is 2.03 bits per heavy atom. The summed E-state index contributed by atoms with van der Waals surface area (Å²) in [5.41, 5.74) is 0.787. The lowest BCUT2D eigenvalue weighted by molar-refractivity contribution is -0.133. The Hall–Kier alpha value is -2.90. The van der Waals surface area contributed by atoms with Gasteiger partial charge >= 0.3 is 6.09 Å². The molecule has 162 valence electrons. The van der Waals surface area contributed by atoms with E-state index in [4.69, 9.17) is 4.74 Å².